The zero-order valence-electron chi connectivity index (χ0n) is 13.3. The Morgan fingerprint density at radius 3 is 2.13 bits per heavy atom. The van der Waals surface area contributed by atoms with Crippen LogP contribution in [-0.2, 0) is 0 Å². The molecule has 0 aromatic heterocycles. The number of rotatable bonds is 4. The minimum Gasteiger partial charge on any atom is -0.478 e. The van der Waals surface area contributed by atoms with Gasteiger partial charge in [0.25, 0.3) is 5.91 Å². The van der Waals surface area contributed by atoms with Crippen molar-refractivity contribution >= 4 is 11.9 Å². The van der Waals surface area contributed by atoms with Crippen LogP contribution in [0.25, 0.3) is 0 Å². The van der Waals surface area contributed by atoms with E-state index in [-0.39, 0.29) is 29.1 Å². The van der Waals surface area contributed by atoms with Crippen LogP contribution in [0.3, 0.4) is 0 Å². The lowest BCUT2D eigenvalue weighted by atomic mass is 9.86. The molecule has 0 heterocycles. The van der Waals surface area contributed by atoms with E-state index in [9.17, 15) is 14.0 Å². The maximum Gasteiger partial charge on any atom is 0.335 e. The average molecular weight is 319 g/mol. The molecule has 2 fully saturated rings. The van der Waals surface area contributed by atoms with Gasteiger partial charge >= 0.3 is 5.97 Å². The summed E-state index contributed by atoms with van der Waals surface area (Å²) >= 11 is 0. The summed E-state index contributed by atoms with van der Waals surface area (Å²) in [6.07, 6.45) is 6.10. The van der Waals surface area contributed by atoms with E-state index in [2.05, 4.69) is 6.92 Å². The minimum absolute atomic E-state index is 0.0134. The number of carbonyl (C=O) groups is 2. The standard InChI is InChI=1S/C18H22FNO3/c1-11-2-5-13(6-3-11)20(14-7-8-14)17(21)15-9-4-12(18(22)23)10-16(15)19/h4,9-11,13-14H,2-3,5-8H2,1H3,(H,22,23). The SMILES string of the molecule is CC1CCC(N(C(=O)c2ccc(C(=O)O)cc2F)C2CC2)CC1. The summed E-state index contributed by atoms with van der Waals surface area (Å²) in [7, 11) is 0. The molecule has 0 bridgehead atoms. The third kappa shape index (κ3) is 3.38. The molecule has 23 heavy (non-hydrogen) atoms. The minimum atomic E-state index is -1.19. The molecule has 2 saturated carbocycles. The number of hydrogen-bond donors (Lipinski definition) is 1. The van der Waals surface area contributed by atoms with E-state index in [1.807, 2.05) is 4.90 Å². The summed E-state index contributed by atoms with van der Waals surface area (Å²) in [6, 6.07) is 3.95. The van der Waals surface area contributed by atoms with Crippen molar-refractivity contribution in [2.75, 3.05) is 0 Å². The Kier molecular flexibility index (Phi) is 4.37. The second-order valence-electron chi connectivity index (χ2n) is 6.86. The molecule has 124 valence electrons. The van der Waals surface area contributed by atoms with Gasteiger partial charge in [-0.15, -0.1) is 0 Å². The summed E-state index contributed by atoms with van der Waals surface area (Å²) < 4.78 is 14.2. The first kappa shape index (κ1) is 16.0. The van der Waals surface area contributed by atoms with Crippen molar-refractivity contribution in [1.29, 1.82) is 0 Å². The van der Waals surface area contributed by atoms with Gasteiger partial charge in [0.15, 0.2) is 0 Å². The molecule has 0 aliphatic heterocycles. The van der Waals surface area contributed by atoms with Crippen LogP contribution >= 0.6 is 0 Å². The quantitative estimate of drug-likeness (QED) is 0.920. The van der Waals surface area contributed by atoms with Crippen molar-refractivity contribution in [3.05, 3.63) is 35.1 Å². The van der Waals surface area contributed by atoms with Gasteiger partial charge in [0, 0.05) is 12.1 Å². The topological polar surface area (TPSA) is 57.6 Å². The lowest BCUT2D eigenvalue weighted by Crippen LogP contribution is -2.44. The van der Waals surface area contributed by atoms with Crippen molar-refractivity contribution in [1.82, 2.24) is 4.90 Å². The van der Waals surface area contributed by atoms with Gasteiger partial charge in [-0.25, -0.2) is 9.18 Å². The van der Waals surface area contributed by atoms with Crippen molar-refractivity contribution in [2.45, 2.75) is 57.5 Å². The van der Waals surface area contributed by atoms with Gasteiger partial charge in [0.2, 0.25) is 0 Å². The van der Waals surface area contributed by atoms with Crippen molar-refractivity contribution in [2.24, 2.45) is 5.92 Å². The van der Waals surface area contributed by atoms with Gasteiger partial charge in [-0.1, -0.05) is 6.92 Å². The van der Waals surface area contributed by atoms with Crippen molar-refractivity contribution in [3.63, 3.8) is 0 Å². The molecule has 0 unspecified atom stereocenters. The summed E-state index contributed by atoms with van der Waals surface area (Å²) in [4.78, 5) is 25.6. The highest BCUT2D eigenvalue weighted by Crippen LogP contribution is 2.36. The molecule has 5 heteroatoms. The van der Waals surface area contributed by atoms with Gasteiger partial charge in [0.1, 0.15) is 5.82 Å². The Morgan fingerprint density at radius 1 is 1.09 bits per heavy atom. The Hall–Kier alpha value is -1.91. The molecule has 2 aliphatic rings. The third-order valence-electron chi connectivity index (χ3n) is 5.00. The molecular formula is C18H22FNO3. The number of nitrogens with zero attached hydrogens (tertiary/aromatic N) is 1. The highest BCUT2D eigenvalue weighted by molar-refractivity contribution is 5.96. The zero-order valence-corrected chi connectivity index (χ0v) is 13.3. The van der Waals surface area contributed by atoms with Gasteiger partial charge < -0.3 is 10.0 Å². The van der Waals surface area contributed by atoms with Gasteiger partial charge in [-0.05, 0) is 62.6 Å². The first-order valence-corrected chi connectivity index (χ1v) is 8.33. The second-order valence-corrected chi connectivity index (χ2v) is 6.86. The molecule has 4 nitrogen and oxygen atoms in total. The molecule has 1 aromatic rings. The van der Waals surface area contributed by atoms with Gasteiger partial charge in [-0.2, -0.15) is 0 Å². The Balaban J connectivity index is 1.83. The predicted octanol–water partition coefficient (Wildman–Crippen LogP) is 3.71. The van der Waals surface area contributed by atoms with E-state index >= 15 is 0 Å². The largest absolute Gasteiger partial charge is 0.478 e. The van der Waals surface area contributed by atoms with Crippen LogP contribution in [0, 0.1) is 11.7 Å². The van der Waals surface area contributed by atoms with Crippen molar-refractivity contribution in [3.8, 4) is 0 Å². The molecule has 0 spiro atoms. The smallest absolute Gasteiger partial charge is 0.335 e. The van der Waals surface area contributed by atoms with E-state index in [0.29, 0.717) is 5.92 Å². The lowest BCUT2D eigenvalue weighted by Gasteiger charge is -2.36. The molecule has 0 radical (unpaired) electrons. The highest BCUT2D eigenvalue weighted by Gasteiger charge is 2.39. The van der Waals surface area contributed by atoms with Crippen LogP contribution in [-0.4, -0.2) is 34.0 Å². The van der Waals surface area contributed by atoms with Crippen LogP contribution in [0.5, 0.6) is 0 Å². The summed E-state index contributed by atoms with van der Waals surface area (Å²) in [6.45, 7) is 2.23. The number of hydrogen-bond acceptors (Lipinski definition) is 2. The first-order valence-electron chi connectivity index (χ1n) is 8.33. The maximum atomic E-state index is 14.2. The molecule has 1 aromatic carbocycles. The number of benzene rings is 1. The van der Waals surface area contributed by atoms with Gasteiger partial charge in [-0.3, -0.25) is 4.79 Å². The van der Waals surface area contributed by atoms with E-state index in [0.717, 1.165) is 44.6 Å². The monoisotopic (exact) mass is 319 g/mol. The fourth-order valence-electron chi connectivity index (χ4n) is 3.46. The number of carboxylic acids is 1. The Labute approximate surface area is 135 Å². The number of amides is 1. The molecule has 0 saturated heterocycles. The summed E-state index contributed by atoms with van der Waals surface area (Å²) in [5, 5.41) is 8.91. The molecule has 1 N–H and O–H groups in total. The maximum absolute atomic E-state index is 14.2. The molecular weight excluding hydrogens is 297 g/mol. The zero-order chi connectivity index (χ0) is 16.6. The predicted molar refractivity (Wildman–Crippen MR) is 84.0 cm³/mol. The first-order chi connectivity index (χ1) is 11.0. The van der Waals surface area contributed by atoms with E-state index in [1.54, 1.807) is 0 Å². The van der Waals surface area contributed by atoms with E-state index in [4.69, 9.17) is 5.11 Å². The molecule has 3 rings (SSSR count). The fraction of sp³-hybridized carbons (Fsp3) is 0.556. The van der Waals surface area contributed by atoms with Crippen LogP contribution in [0.15, 0.2) is 18.2 Å². The highest BCUT2D eigenvalue weighted by atomic mass is 19.1. The molecule has 0 atom stereocenters. The normalized spacial score (nSPS) is 24.3. The lowest BCUT2D eigenvalue weighted by molar-refractivity contribution is 0.0586. The average Bonchev–Trinajstić information content (AvgIpc) is 3.34. The molecule has 1 amide bonds. The van der Waals surface area contributed by atoms with Crippen LogP contribution in [0.4, 0.5) is 4.39 Å². The third-order valence-corrected chi connectivity index (χ3v) is 5.00. The van der Waals surface area contributed by atoms with Crippen molar-refractivity contribution < 1.29 is 19.1 Å². The number of halogens is 1. The van der Waals surface area contributed by atoms with Gasteiger partial charge in [0.05, 0.1) is 11.1 Å². The van der Waals surface area contributed by atoms with Crippen LogP contribution < -0.4 is 0 Å². The van der Waals surface area contributed by atoms with E-state index < -0.39 is 11.8 Å². The summed E-state index contributed by atoms with van der Waals surface area (Å²) in [5.74, 6) is -1.54. The Morgan fingerprint density at radius 2 is 1.65 bits per heavy atom. The fourth-order valence-corrected chi connectivity index (χ4v) is 3.46. The van der Waals surface area contributed by atoms with Crippen LogP contribution in [0.2, 0.25) is 0 Å². The second kappa shape index (κ2) is 6.30. The Bertz CT molecular complexity index is 619. The number of carbonyl (C=O) groups excluding carboxylic acids is 1. The molecule has 2 aliphatic carbocycles. The number of aromatic carboxylic acids is 1. The van der Waals surface area contributed by atoms with E-state index in [1.165, 1.54) is 12.1 Å². The number of carboxylic acid groups (broad SMARTS) is 1. The summed E-state index contributed by atoms with van der Waals surface area (Å²) in [5.41, 5.74) is -0.149. The van der Waals surface area contributed by atoms with Crippen LogP contribution in [0.1, 0.15) is 66.2 Å².